The Bertz CT molecular complexity index is 2570. The van der Waals surface area contributed by atoms with E-state index in [0.29, 0.717) is 0 Å². The fourth-order valence-electron chi connectivity index (χ4n) is 7.24. The van der Waals surface area contributed by atoms with Crippen LogP contribution in [0.15, 0.2) is 146 Å². The standard InChI is InChI=1S/C42H24S2/c1-3-11-29-25(7-1)9-5-13-31(29)27-15-17-35-39(23-27)43-37-21-19-34-33(41(35)37)20-22-38-42(34)36-18-16-28(24-40(36)44-38)32-14-6-10-26-8-2-4-12-30(26)32/h1-24H. The molecule has 0 spiro atoms. The predicted octanol–water partition coefficient (Wildman–Crippen LogP) is 13.2. The first-order chi connectivity index (χ1) is 21.8. The Labute approximate surface area is 262 Å². The molecule has 0 aliphatic rings. The van der Waals surface area contributed by atoms with Gasteiger partial charge in [0.1, 0.15) is 0 Å². The van der Waals surface area contributed by atoms with E-state index in [1.165, 1.54) is 94.9 Å². The van der Waals surface area contributed by atoms with Crippen LogP contribution in [0.3, 0.4) is 0 Å². The van der Waals surface area contributed by atoms with Crippen molar-refractivity contribution in [2.24, 2.45) is 0 Å². The summed E-state index contributed by atoms with van der Waals surface area (Å²) in [5, 5.41) is 13.3. The van der Waals surface area contributed by atoms with E-state index >= 15 is 0 Å². The minimum Gasteiger partial charge on any atom is -0.135 e. The first kappa shape index (κ1) is 24.4. The zero-order chi connectivity index (χ0) is 28.8. The third-order valence-corrected chi connectivity index (χ3v) is 11.5. The molecule has 0 saturated heterocycles. The Hall–Kier alpha value is -5.02. The van der Waals surface area contributed by atoms with E-state index in [0.717, 1.165) is 0 Å². The number of thiophene rings is 2. The zero-order valence-corrected chi connectivity index (χ0v) is 25.3. The summed E-state index contributed by atoms with van der Waals surface area (Å²) in [7, 11) is 0. The molecule has 44 heavy (non-hydrogen) atoms. The van der Waals surface area contributed by atoms with Gasteiger partial charge in [-0.25, -0.2) is 0 Å². The van der Waals surface area contributed by atoms with Gasteiger partial charge in [-0.15, -0.1) is 22.7 Å². The van der Waals surface area contributed by atoms with Crippen molar-refractivity contribution in [1.82, 2.24) is 0 Å². The number of hydrogen-bond donors (Lipinski definition) is 0. The average Bonchev–Trinajstić information content (AvgIpc) is 3.65. The highest BCUT2D eigenvalue weighted by Gasteiger charge is 2.16. The van der Waals surface area contributed by atoms with E-state index in [1.54, 1.807) is 0 Å². The molecule has 2 aromatic heterocycles. The lowest BCUT2D eigenvalue weighted by atomic mass is 9.95. The fraction of sp³-hybridized carbons (Fsp3) is 0. The van der Waals surface area contributed by atoms with Gasteiger partial charge in [-0.3, -0.25) is 0 Å². The summed E-state index contributed by atoms with van der Waals surface area (Å²) in [6, 6.07) is 54.0. The molecule has 0 N–H and O–H groups in total. The number of benzene rings is 8. The fourth-order valence-corrected chi connectivity index (χ4v) is 9.57. The molecule has 0 unspecified atom stereocenters. The molecule has 8 aromatic carbocycles. The van der Waals surface area contributed by atoms with E-state index in [2.05, 4.69) is 146 Å². The van der Waals surface area contributed by atoms with Crippen molar-refractivity contribution in [3.05, 3.63) is 146 Å². The van der Waals surface area contributed by atoms with Crippen molar-refractivity contribution in [3.63, 3.8) is 0 Å². The van der Waals surface area contributed by atoms with Crippen LogP contribution in [0, 0.1) is 0 Å². The Kier molecular flexibility index (Phi) is 5.13. The summed E-state index contributed by atoms with van der Waals surface area (Å²) in [5.74, 6) is 0. The summed E-state index contributed by atoms with van der Waals surface area (Å²) >= 11 is 3.81. The van der Waals surface area contributed by atoms with Crippen LogP contribution in [0.2, 0.25) is 0 Å². The maximum absolute atomic E-state index is 2.39. The van der Waals surface area contributed by atoms with E-state index in [-0.39, 0.29) is 0 Å². The molecular formula is C42H24S2. The second-order valence-corrected chi connectivity index (χ2v) is 13.8. The van der Waals surface area contributed by atoms with Crippen molar-refractivity contribution >= 4 is 95.3 Å². The molecule has 0 aliphatic carbocycles. The molecule has 204 valence electrons. The Morgan fingerprint density at radius 2 is 0.727 bits per heavy atom. The maximum Gasteiger partial charge on any atom is 0.0361 e. The lowest BCUT2D eigenvalue weighted by Crippen LogP contribution is -1.81. The second-order valence-electron chi connectivity index (χ2n) is 11.7. The van der Waals surface area contributed by atoms with Crippen molar-refractivity contribution < 1.29 is 0 Å². The van der Waals surface area contributed by atoms with E-state index in [1.807, 2.05) is 22.7 Å². The molecule has 0 bridgehead atoms. The highest BCUT2D eigenvalue weighted by molar-refractivity contribution is 7.26. The van der Waals surface area contributed by atoms with Crippen molar-refractivity contribution in [2.75, 3.05) is 0 Å². The van der Waals surface area contributed by atoms with Gasteiger partial charge in [0.05, 0.1) is 0 Å². The third kappa shape index (κ3) is 3.50. The van der Waals surface area contributed by atoms with E-state index in [4.69, 9.17) is 0 Å². The largest absolute Gasteiger partial charge is 0.135 e. The molecule has 2 heteroatoms. The van der Waals surface area contributed by atoms with Gasteiger partial charge in [0.15, 0.2) is 0 Å². The first-order valence-electron chi connectivity index (χ1n) is 15.0. The van der Waals surface area contributed by atoms with Crippen molar-refractivity contribution in [2.45, 2.75) is 0 Å². The number of fused-ring (bicyclic) bond motifs is 11. The summed E-state index contributed by atoms with van der Waals surface area (Å²) < 4.78 is 5.38. The minimum absolute atomic E-state index is 1.28. The van der Waals surface area contributed by atoms with Crippen LogP contribution in [0.1, 0.15) is 0 Å². The normalized spacial score (nSPS) is 12.1. The Morgan fingerprint density at radius 1 is 0.295 bits per heavy atom. The van der Waals surface area contributed by atoms with Gasteiger partial charge >= 0.3 is 0 Å². The van der Waals surface area contributed by atoms with E-state index in [9.17, 15) is 0 Å². The molecular weight excluding hydrogens is 569 g/mol. The summed E-state index contributed by atoms with van der Waals surface area (Å²) in [4.78, 5) is 0. The lowest BCUT2D eigenvalue weighted by Gasteiger charge is -2.08. The van der Waals surface area contributed by atoms with Gasteiger partial charge in [0, 0.05) is 40.3 Å². The van der Waals surface area contributed by atoms with Crippen LogP contribution in [0.5, 0.6) is 0 Å². The van der Waals surface area contributed by atoms with Crippen LogP contribution in [0.4, 0.5) is 0 Å². The van der Waals surface area contributed by atoms with Gasteiger partial charge in [-0.2, -0.15) is 0 Å². The van der Waals surface area contributed by atoms with Gasteiger partial charge < -0.3 is 0 Å². The SMILES string of the molecule is c1ccc2c(-c3ccc4c(c3)sc3ccc5c(ccc6sc7cc(-c8cccc9ccccc89)ccc7c65)c34)cccc2c1. The van der Waals surface area contributed by atoms with Crippen molar-refractivity contribution in [3.8, 4) is 22.3 Å². The molecule has 10 rings (SSSR count). The topological polar surface area (TPSA) is 0 Å². The van der Waals surface area contributed by atoms with Crippen LogP contribution in [-0.4, -0.2) is 0 Å². The molecule has 0 radical (unpaired) electrons. The molecule has 2 heterocycles. The van der Waals surface area contributed by atoms with Gasteiger partial charge in [-0.1, -0.05) is 121 Å². The van der Waals surface area contributed by atoms with Gasteiger partial charge in [0.25, 0.3) is 0 Å². The van der Waals surface area contributed by atoms with Crippen LogP contribution >= 0.6 is 22.7 Å². The van der Waals surface area contributed by atoms with Gasteiger partial charge in [-0.05, 0) is 78.8 Å². The molecule has 0 fully saturated rings. The zero-order valence-electron chi connectivity index (χ0n) is 23.7. The molecule has 0 aliphatic heterocycles. The Balaban J connectivity index is 1.17. The molecule has 0 saturated carbocycles. The number of rotatable bonds is 2. The van der Waals surface area contributed by atoms with Crippen LogP contribution in [0.25, 0.3) is 94.9 Å². The first-order valence-corrected chi connectivity index (χ1v) is 16.6. The molecule has 0 atom stereocenters. The van der Waals surface area contributed by atoms with Gasteiger partial charge in [0.2, 0.25) is 0 Å². The van der Waals surface area contributed by atoms with Crippen LogP contribution < -0.4 is 0 Å². The van der Waals surface area contributed by atoms with Crippen molar-refractivity contribution in [1.29, 1.82) is 0 Å². The second kappa shape index (κ2) is 9.24. The summed E-state index contributed by atoms with van der Waals surface area (Å²) in [6.07, 6.45) is 0. The highest BCUT2D eigenvalue weighted by Crippen LogP contribution is 2.46. The minimum atomic E-state index is 1.28. The monoisotopic (exact) mass is 592 g/mol. The molecule has 0 amide bonds. The summed E-state index contributed by atoms with van der Waals surface area (Å²) in [5.41, 5.74) is 5.14. The molecule has 0 nitrogen and oxygen atoms in total. The van der Waals surface area contributed by atoms with Crippen LogP contribution in [-0.2, 0) is 0 Å². The Morgan fingerprint density at radius 3 is 1.23 bits per heavy atom. The highest BCUT2D eigenvalue weighted by atomic mass is 32.1. The summed E-state index contributed by atoms with van der Waals surface area (Å²) in [6.45, 7) is 0. The predicted molar refractivity (Wildman–Crippen MR) is 196 cm³/mol. The molecule has 10 aromatic rings. The number of hydrogen-bond acceptors (Lipinski definition) is 2. The maximum atomic E-state index is 2.39. The van der Waals surface area contributed by atoms with E-state index < -0.39 is 0 Å². The lowest BCUT2D eigenvalue weighted by molar-refractivity contribution is 1.70. The average molecular weight is 593 g/mol. The quantitative estimate of drug-likeness (QED) is 0.187. The smallest absolute Gasteiger partial charge is 0.0361 e. The third-order valence-electron chi connectivity index (χ3n) is 9.27.